The fourth-order valence-corrected chi connectivity index (χ4v) is 4.26. The predicted molar refractivity (Wildman–Crippen MR) is 123 cm³/mol. The molecule has 2 heterocycles. The van der Waals surface area contributed by atoms with Crippen molar-refractivity contribution < 1.29 is 4.74 Å². The van der Waals surface area contributed by atoms with Crippen LogP contribution in [0.3, 0.4) is 0 Å². The van der Waals surface area contributed by atoms with Crippen molar-refractivity contribution in [2.75, 3.05) is 39.4 Å². The molecule has 1 aliphatic rings. The Morgan fingerprint density at radius 3 is 2.66 bits per heavy atom. The molecule has 1 aromatic heterocycles. The molecule has 0 unspecified atom stereocenters. The Hall–Kier alpha value is -1.89. The summed E-state index contributed by atoms with van der Waals surface area (Å²) in [5.74, 6) is 0.871. The standard InChI is InChI=1S/C23H34N4OS/c1-4-24-22(26-18-23(2,3)21-9-6-14-29-21)25-16-19-7-5-8-20(15-19)17-27-10-12-28-13-11-27/h5-9,14-15H,4,10-13,16-18H2,1-3H3,(H2,24,25,26). The number of hydrogen-bond donors (Lipinski definition) is 2. The lowest BCUT2D eigenvalue weighted by Gasteiger charge is -2.26. The number of nitrogens with zero attached hydrogens (tertiary/aromatic N) is 2. The summed E-state index contributed by atoms with van der Waals surface area (Å²) in [6, 6.07) is 13.1. The molecule has 1 saturated heterocycles. The summed E-state index contributed by atoms with van der Waals surface area (Å²) in [4.78, 5) is 8.65. The molecule has 0 bridgehead atoms. The lowest BCUT2D eigenvalue weighted by Crippen LogP contribution is -2.43. The molecule has 1 aliphatic heterocycles. The molecule has 1 fully saturated rings. The maximum Gasteiger partial charge on any atom is 0.191 e. The van der Waals surface area contributed by atoms with Gasteiger partial charge in [0.2, 0.25) is 0 Å². The lowest BCUT2D eigenvalue weighted by molar-refractivity contribution is 0.0342. The van der Waals surface area contributed by atoms with E-state index in [0.29, 0.717) is 6.54 Å². The van der Waals surface area contributed by atoms with E-state index in [2.05, 4.69) is 78.1 Å². The maximum atomic E-state index is 5.45. The molecule has 3 rings (SSSR count). The minimum atomic E-state index is 0.0719. The summed E-state index contributed by atoms with van der Waals surface area (Å²) in [6.07, 6.45) is 0. The van der Waals surface area contributed by atoms with Crippen LogP contribution in [0.25, 0.3) is 0 Å². The van der Waals surface area contributed by atoms with Crippen LogP contribution in [-0.2, 0) is 23.2 Å². The Morgan fingerprint density at radius 2 is 1.93 bits per heavy atom. The van der Waals surface area contributed by atoms with E-state index < -0.39 is 0 Å². The van der Waals surface area contributed by atoms with E-state index in [1.807, 2.05) is 11.3 Å². The molecule has 0 atom stereocenters. The Balaban J connectivity index is 1.58. The van der Waals surface area contributed by atoms with Crippen molar-refractivity contribution in [2.45, 2.75) is 39.3 Å². The minimum absolute atomic E-state index is 0.0719. The van der Waals surface area contributed by atoms with Crippen molar-refractivity contribution in [1.82, 2.24) is 15.5 Å². The summed E-state index contributed by atoms with van der Waals surface area (Å²) in [5.41, 5.74) is 2.66. The average Bonchev–Trinajstić information content (AvgIpc) is 3.27. The van der Waals surface area contributed by atoms with Crippen LogP contribution >= 0.6 is 11.3 Å². The van der Waals surface area contributed by atoms with Crippen LogP contribution in [-0.4, -0.2) is 50.3 Å². The number of morpholine rings is 1. The number of hydrogen-bond acceptors (Lipinski definition) is 4. The van der Waals surface area contributed by atoms with Gasteiger partial charge in [0.1, 0.15) is 0 Å². The van der Waals surface area contributed by atoms with Crippen LogP contribution in [0.1, 0.15) is 36.8 Å². The fraction of sp³-hybridized carbons (Fsp3) is 0.522. The quantitative estimate of drug-likeness (QED) is 0.512. The Morgan fingerprint density at radius 1 is 1.14 bits per heavy atom. The zero-order valence-corrected chi connectivity index (χ0v) is 18.7. The molecular formula is C23H34N4OS. The van der Waals surface area contributed by atoms with E-state index >= 15 is 0 Å². The number of thiophene rings is 1. The van der Waals surface area contributed by atoms with Crippen molar-refractivity contribution in [3.8, 4) is 0 Å². The van der Waals surface area contributed by atoms with Gasteiger partial charge < -0.3 is 15.4 Å². The highest BCUT2D eigenvalue weighted by molar-refractivity contribution is 7.10. The number of guanidine groups is 1. The van der Waals surface area contributed by atoms with Crippen molar-refractivity contribution in [1.29, 1.82) is 0 Å². The molecular weight excluding hydrogens is 380 g/mol. The van der Waals surface area contributed by atoms with Gasteiger partial charge in [-0.25, -0.2) is 4.99 Å². The molecule has 1 aromatic carbocycles. The van der Waals surface area contributed by atoms with Gasteiger partial charge in [0.15, 0.2) is 5.96 Å². The van der Waals surface area contributed by atoms with E-state index in [4.69, 9.17) is 9.73 Å². The second-order valence-electron chi connectivity index (χ2n) is 8.12. The van der Waals surface area contributed by atoms with Crippen LogP contribution in [0.5, 0.6) is 0 Å². The Labute approximate surface area is 179 Å². The first-order valence-corrected chi connectivity index (χ1v) is 11.4. The molecule has 29 heavy (non-hydrogen) atoms. The largest absolute Gasteiger partial charge is 0.379 e. The minimum Gasteiger partial charge on any atom is -0.379 e. The molecule has 0 amide bonds. The van der Waals surface area contributed by atoms with Crippen LogP contribution in [0.2, 0.25) is 0 Å². The summed E-state index contributed by atoms with van der Waals surface area (Å²) in [6.45, 7) is 13.7. The Kier molecular flexibility index (Phi) is 8.09. The molecule has 2 N–H and O–H groups in total. The van der Waals surface area contributed by atoms with Gasteiger partial charge in [-0.1, -0.05) is 44.2 Å². The molecule has 2 aromatic rings. The summed E-state index contributed by atoms with van der Waals surface area (Å²) in [7, 11) is 0. The third kappa shape index (κ3) is 6.84. The number of ether oxygens (including phenoxy) is 1. The molecule has 0 saturated carbocycles. The normalized spacial score (nSPS) is 16.0. The average molecular weight is 415 g/mol. The predicted octanol–water partition coefficient (Wildman–Crippen LogP) is 3.61. The van der Waals surface area contributed by atoms with Crippen LogP contribution in [0.15, 0.2) is 46.8 Å². The van der Waals surface area contributed by atoms with Gasteiger partial charge in [-0.15, -0.1) is 11.3 Å². The van der Waals surface area contributed by atoms with Crippen molar-refractivity contribution >= 4 is 17.3 Å². The van der Waals surface area contributed by atoms with E-state index in [1.54, 1.807) is 0 Å². The van der Waals surface area contributed by atoms with Crippen molar-refractivity contribution in [2.24, 2.45) is 4.99 Å². The molecule has 5 nitrogen and oxygen atoms in total. The van der Waals surface area contributed by atoms with Gasteiger partial charge in [0.05, 0.1) is 19.8 Å². The maximum absolute atomic E-state index is 5.45. The topological polar surface area (TPSA) is 48.9 Å². The number of benzene rings is 1. The highest BCUT2D eigenvalue weighted by atomic mass is 32.1. The zero-order chi connectivity index (χ0) is 20.5. The van der Waals surface area contributed by atoms with Crippen LogP contribution in [0.4, 0.5) is 0 Å². The van der Waals surface area contributed by atoms with Crippen molar-refractivity contribution in [3.05, 3.63) is 57.8 Å². The van der Waals surface area contributed by atoms with Gasteiger partial charge in [-0.3, -0.25) is 4.90 Å². The Bertz CT molecular complexity index is 767. The fourth-order valence-electron chi connectivity index (χ4n) is 3.41. The summed E-state index contributed by atoms with van der Waals surface area (Å²) < 4.78 is 5.45. The first kappa shape index (κ1) is 21.8. The number of nitrogens with one attached hydrogen (secondary N) is 2. The van der Waals surface area contributed by atoms with Gasteiger partial charge in [0, 0.05) is 43.0 Å². The van der Waals surface area contributed by atoms with Gasteiger partial charge in [-0.2, -0.15) is 0 Å². The highest BCUT2D eigenvalue weighted by Gasteiger charge is 2.21. The second kappa shape index (κ2) is 10.8. The first-order valence-electron chi connectivity index (χ1n) is 10.5. The molecule has 6 heteroatoms. The highest BCUT2D eigenvalue weighted by Crippen LogP contribution is 2.26. The van der Waals surface area contributed by atoms with Crippen LogP contribution in [0, 0.1) is 0 Å². The third-order valence-electron chi connectivity index (χ3n) is 5.15. The number of aliphatic imine (C=N–C) groups is 1. The second-order valence-corrected chi connectivity index (χ2v) is 9.07. The SMILES string of the molecule is CCNC(=NCc1cccc(CN2CCOCC2)c1)NCC(C)(C)c1cccs1. The van der Waals surface area contributed by atoms with Gasteiger partial charge >= 0.3 is 0 Å². The first-order chi connectivity index (χ1) is 14.1. The molecule has 0 aliphatic carbocycles. The lowest BCUT2D eigenvalue weighted by atomic mass is 9.91. The molecule has 0 spiro atoms. The van der Waals surface area contributed by atoms with E-state index in [1.165, 1.54) is 16.0 Å². The van der Waals surface area contributed by atoms with Gasteiger partial charge in [-0.05, 0) is 29.5 Å². The van der Waals surface area contributed by atoms with Gasteiger partial charge in [0.25, 0.3) is 0 Å². The number of rotatable bonds is 8. The summed E-state index contributed by atoms with van der Waals surface area (Å²) >= 11 is 1.81. The summed E-state index contributed by atoms with van der Waals surface area (Å²) in [5, 5.41) is 9.03. The monoisotopic (exact) mass is 414 g/mol. The third-order valence-corrected chi connectivity index (χ3v) is 6.39. The smallest absolute Gasteiger partial charge is 0.191 e. The van der Waals surface area contributed by atoms with E-state index in [-0.39, 0.29) is 5.41 Å². The van der Waals surface area contributed by atoms with Crippen LogP contribution < -0.4 is 10.6 Å². The molecule has 0 radical (unpaired) electrons. The van der Waals surface area contributed by atoms with Crippen molar-refractivity contribution in [3.63, 3.8) is 0 Å². The van der Waals surface area contributed by atoms with E-state index in [9.17, 15) is 0 Å². The molecule has 158 valence electrons. The van der Waals surface area contributed by atoms with E-state index in [0.717, 1.165) is 51.9 Å². The zero-order valence-electron chi connectivity index (χ0n) is 17.9.